The molecule has 1 heterocycles. The third-order valence-electron chi connectivity index (χ3n) is 4.55. The second-order valence-electron chi connectivity index (χ2n) is 7.44. The molecule has 0 radical (unpaired) electrons. The SMILES string of the molecule is CCOC1CC(N2C(=O)C(CC(C)C)NC2CC(C)C)C1. The maximum atomic E-state index is 12.8. The molecule has 1 aliphatic carbocycles. The zero-order valence-electron chi connectivity index (χ0n) is 14.3. The first-order valence-corrected chi connectivity index (χ1v) is 8.62. The molecule has 4 heteroatoms. The number of carbonyl (C=O) groups is 1. The Morgan fingerprint density at radius 2 is 1.81 bits per heavy atom. The largest absolute Gasteiger partial charge is 0.378 e. The van der Waals surface area contributed by atoms with E-state index < -0.39 is 0 Å². The maximum absolute atomic E-state index is 12.8. The quantitative estimate of drug-likeness (QED) is 0.785. The average Bonchev–Trinajstić information content (AvgIpc) is 2.59. The van der Waals surface area contributed by atoms with Crippen molar-refractivity contribution in [1.82, 2.24) is 10.2 Å². The van der Waals surface area contributed by atoms with Crippen LogP contribution in [-0.4, -0.2) is 41.8 Å². The monoisotopic (exact) mass is 296 g/mol. The Hall–Kier alpha value is -0.610. The van der Waals surface area contributed by atoms with Crippen molar-refractivity contribution >= 4 is 5.91 Å². The molecule has 1 N–H and O–H groups in total. The molecule has 0 spiro atoms. The lowest BCUT2D eigenvalue weighted by molar-refractivity contribution is -0.138. The van der Waals surface area contributed by atoms with Gasteiger partial charge in [-0.3, -0.25) is 10.1 Å². The number of rotatable bonds is 7. The number of hydrogen-bond acceptors (Lipinski definition) is 3. The molecular formula is C17H32N2O2. The van der Waals surface area contributed by atoms with Gasteiger partial charge in [0.25, 0.3) is 0 Å². The Balaban J connectivity index is 1.99. The lowest BCUT2D eigenvalue weighted by atomic mass is 9.87. The molecule has 122 valence electrons. The highest BCUT2D eigenvalue weighted by Crippen LogP contribution is 2.34. The minimum absolute atomic E-state index is 0.0138. The van der Waals surface area contributed by atoms with Gasteiger partial charge < -0.3 is 9.64 Å². The fraction of sp³-hybridized carbons (Fsp3) is 0.941. The van der Waals surface area contributed by atoms with Gasteiger partial charge in [-0.15, -0.1) is 0 Å². The van der Waals surface area contributed by atoms with Crippen molar-refractivity contribution in [3.63, 3.8) is 0 Å². The summed E-state index contributed by atoms with van der Waals surface area (Å²) in [6, 6.07) is 0.391. The van der Waals surface area contributed by atoms with Crippen molar-refractivity contribution in [2.45, 2.75) is 84.7 Å². The number of nitrogens with zero attached hydrogens (tertiary/aromatic N) is 1. The van der Waals surface area contributed by atoms with Gasteiger partial charge in [-0.2, -0.15) is 0 Å². The van der Waals surface area contributed by atoms with E-state index in [9.17, 15) is 4.79 Å². The molecule has 1 aliphatic heterocycles. The molecule has 0 aromatic rings. The summed E-state index contributed by atoms with van der Waals surface area (Å²) in [4.78, 5) is 14.9. The molecule has 0 aromatic heterocycles. The predicted octanol–water partition coefficient (Wildman–Crippen LogP) is 2.77. The van der Waals surface area contributed by atoms with Gasteiger partial charge in [0.1, 0.15) is 0 Å². The van der Waals surface area contributed by atoms with Crippen molar-refractivity contribution < 1.29 is 9.53 Å². The van der Waals surface area contributed by atoms with Crippen molar-refractivity contribution in [2.24, 2.45) is 11.8 Å². The summed E-state index contributed by atoms with van der Waals surface area (Å²) in [7, 11) is 0. The lowest BCUT2D eigenvalue weighted by Gasteiger charge is -2.43. The van der Waals surface area contributed by atoms with Gasteiger partial charge in [0.15, 0.2) is 0 Å². The number of amides is 1. The van der Waals surface area contributed by atoms with E-state index in [4.69, 9.17) is 4.74 Å². The first kappa shape index (κ1) is 16.8. The van der Waals surface area contributed by atoms with E-state index in [0.717, 1.165) is 32.3 Å². The third kappa shape index (κ3) is 3.98. The summed E-state index contributed by atoms with van der Waals surface area (Å²) in [6.07, 6.45) is 4.56. The molecule has 1 saturated heterocycles. The Kier molecular flexibility index (Phi) is 5.67. The van der Waals surface area contributed by atoms with Gasteiger partial charge in [-0.25, -0.2) is 0 Å². The van der Waals surface area contributed by atoms with E-state index in [0.29, 0.717) is 29.9 Å². The van der Waals surface area contributed by atoms with Crippen LogP contribution in [0.1, 0.15) is 60.3 Å². The van der Waals surface area contributed by atoms with Gasteiger partial charge in [0, 0.05) is 12.6 Å². The first-order valence-electron chi connectivity index (χ1n) is 8.62. The van der Waals surface area contributed by atoms with Crippen LogP contribution in [0.3, 0.4) is 0 Å². The average molecular weight is 296 g/mol. The number of carbonyl (C=O) groups excluding carboxylic acids is 1. The van der Waals surface area contributed by atoms with Gasteiger partial charge in [0.05, 0.1) is 18.3 Å². The second-order valence-corrected chi connectivity index (χ2v) is 7.44. The molecule has 0 bridgehead atoms. The zero-order valence-corrected chi connectivity index (χ0v) is 14.3. The molecule has 1 amide bonds. The van der Waals surface area contributed by atoms with Crippen LogP contribution in [0, 0.1) is 11.8 Å². The molecular weight excluding hydrogens is 264 g/mol. The molecule has 1 saturated carbocycles. The molecule has 2 unspecified atom stereocenters. The van der Waals surface area contributed by atoms with Gasteiger partial charge in [-0.1, -0.05) is 27.7 Å². The molecule has 2 fully saturated rings. The Labute approximate surface area is 129 Å². The van der Waals surface area contributed by atoms with Crippen LogP contribution in [0.2, 0.25) is 0 Å². The Morgan fingerprint density at radius 3 is 2.33 bits per heavy atom. The van der Waals surface area contributed by atoms with E-state index >= 15 is 0 Å². The predicted molar refractivity (Wildman–Crippen MR) is 84.9 cm³/mol. The van der Waals surface area contributed by atoms with Crippen molar-refractivity contribution in [2.75, 3.05) is 6.61 Å². The van der Waals surface area contributed by atoms with Crippen LogP contribution in [0.25, 0.3) is 0 Å². The molecule has 0 aromatic carbocycles. The van der Waals surface area contributed by atoms with E-state index in [2.05, 4.69) is 37.9 Å². The van der Waals surface area contributed by atoms with Gasteiger partial charge in [-0.05, 0) is 44.4 Å². The van der Waals surface area contributed by atoms with Gasteiger partial charge >= 0.3 is 0 Å². The third-order valence-corrected chi connectivity index (χ3v) is 4.55. The highest BCUT2D eigenvalue weighted by molar-refractivity contribution is 5.84. The van der Waals surface area contributed by atoms with Gasteiger partial charge in [0.2, 0.25) is 5.91 Å². The van der Waals surface area contributed by atoms with Crippen molar-refractivity contribution in [3.05, 3.63) is 0 Å². The van der Waals surface area contributed by atoms with Crippen molar-refractivity contribution in [3.8, 4) is 0 Å². The number of ether oxygens (including phenoxy) is 1. The first-order chi connectivity index (χ1) is 9.92. The maximum Gasteiger partial charge on any atom is 0.241 e. The molecule has 21 heavy (non-hydrogen) atoms. The van der Waals surface area contributed by atoms with Crippen LogP contribution < -0.4 is 5.32 Å². The molecule has 4 nitrogen and oxygen atoms in total. The summed E-state index contributed by atoms with van der Waals surface area (Å²) in [6.45, 7) is 11.6. The fourth-order valence-electron chi connectivity index (χ4n) is 3.56. The highest BCUT2D eigenvalue weighted by atomic mass is 16.5. The van der Waals surface area contributed by atoms with E-state index in [1.54, 1.807) is 0 Å². The molecule has 2 atom stereocenters. The van der Waals surface area contributed by atoms with Crippen LogP contribution in [0.4, 0.5) is 0 Å². The Morgan fingerprint density at radius 1 is 1.19 bits per heavy atom. The number of hydrogen-bond donors (Lipinski definition) is 1. The minimum Gasteiger partial charge on any atom is -0.378 e. The standard InChI is InChI=1S/C17H32N2O2/c1-6-21-14-9-13(10-14)19-16(8-12(4)5)18-15(17(19)20)7-11(2)3/h11-16,18H,6-10H2,1-5H3. The van der Waals surface area contributed by atoms with E-state index in [1.807, 2.05) is 6.92 Å². The van der Waals surface area contributed by atoms with E-state index in [1.165, 1.54) is 0 Å². The van der Waals surface area contributed by atoms with Crippen molar-refractivity contribution in [1.29, 1.82) is 0 Å². The topological polar surface area (TPSA) is 41.6 Å². The summed E-state index contributed by atoms with van der Waals surface area (Å²) >= 11 is 0. The smallest absolute Gasteiger partial charge is 0.241 e. The number of nitrogens with one attached hydrogen (secondary N) is 1. The highest BCUT2D eigenvalue weighted by Gasteiger charge is 2.46. The lowest BCUT2D eigenvalue weighted by Crippen LogP contribution is -2.53. The van der Waals surface area contributed by atoms with Crippen LogP contribution >= 0.6 is 0 Å². The summed E-state index contributed by atoms with van der Waals surface area (Å²) < 4.78 is 5.65. The van der Waals surface area contributed by atoms with Crippen LogP contribution in [-0.2, 0) is 9.53 Å². The van der Waals surface area contributed by atoms with E-state index in [-0.39, 0.29) is 12.2 Å². The normalized spacial score (nSPS) is 33.1. The second kappa shape index (κ2) is 7.10. The zero-order chi connectivity index (χ0) is 15.6. The molecule has 2 rings (SSSR count). The van der Waals surface area contributed by atoms with Crippen LogP contribution in [0.15, 0.2) is 0 Å². The Bertz CT molecular complexity index is 351. The minimum atomic E-state index is 0.0138. The van der Waals surface area contributed by atoms with Crippen LogP contribution in [0.5, 0.6) is 0 Å². The molecule has 2 aliphatic rings. The fourth-order valence-corrected chi connectivity index (χ4v) is 3.56. The summed E-state index contributed by atoms with van der Waals surface area (Å²) in [5.74, 6) is 1.45. The summed E-state index contributed by atoms with van der Waals surface area (Å²) in [5, 5.41) is 3.59. The summed E-state index contributed by atoms with van der Waals surface area (Å²) in [5.41, 5.74) is 0.